The number of fused-ring (bicyclic) bond motifs is 5. The molecular formula is C47H82O3. The summed E-state index contributed by atoms with van der Waals surface area (Å²) in [5.41, 5.74) is 2.07. The molecule has 0 bridgehead atoms. The van der Waals surface area contributed by atoms with Crippen LogP contribution in [0.5, 0.6) is 0 Å². The molecular weight excluding hydrogens is 613 g/mol. The van der Waals surface area contributed by atoms with Crippen molar-refractivity contribution in [2.45, 2.75) is 214 Å². The number of unbranched alkanes of at least 4 members (excludes halogenated alkanes) is 11. The highest BCUT2D eigenvalue weighted by atomic mass is 16.5. The Morgan fingerprint density at radius 3 is 2.16 bits per heavy atom. The number of rotatable bonds is 23. The van der Waals surface area contributed by atoms with Gasteiger partial charge in [0.25, 0.3) is 0 Å². The molecule has 0 radical (unpaired) electrons. The molecule has 0 amide bonds. The van der Waals surface area contributed by atoms with Crippen molar-refractivity contribution >= 4 is 5.97 Å². The van der Waals surface area contributed by atoms with Crippen molar-refractivity contribution in [1.29, 1.82) is 0 Å². The molecule has 0 aliphatic heterocycles. The Morgan fingerprint density at radius 1 is 0.820 bits per heavy atom. The van der Waals surface area contributed by atoms with Gasteiger partial charge in [-0.15, -0.1) is 0 Å². The minimum atomic E-state index is -0.460. The van der Waals surface area contributed by atoms with Crippen LogP contribution in [0.1, 0.15) is 208 Å². The molecule has 0 spiro atoms. The summed E-state index contributed by atoms with van der Waals surface area (Å²) in [7, 11) is 0. The summed E-state index contributed by atoms with van der Waals surface area (Å²) in [4.78, 5) is 11.4. The van der Waals surface area contributed by atoms with Gasteiger partial charge in [-0.25, -0.2) is 0 Å². The fourth-order valence-corrected chi connectivity index (χ4v) is 11.9. The van der Waals surface area contributed by atoms with E-state index in [1.807, 2.05) is 6.92 Å². The average Bonchev–Trinajstić information content (AvgIpc) is 3.44. The van der Waals surface area contributed by atoms with Gasteiger partial charge in [0.05, 0.1) is 12.2 Å². The van der Waals surface area contributed by atoms with Crippen molar-refractivity contribution in [1.82, 2.24) is 0 Å². The Morgan fingerprint density at radius 2 is 1.48 bits per heavy atom. The van der Waals surface area contributed by atoms with Gasteiger partial charge in [0.15, 0.2) is 0 Å². The van der Waals surface area contributed by atoms with Crippen molar-refractivity contribution in [2.75, 3.05) is 6.61 Å². The Hall–Kier alpha value is -1.09. The standard InChI is InChI=1S/C47H82O3/c1-7-50-44(48)26-21-19-17-15-13-11-9-8-10-12-14-16-18-20-22-32-47(49)35-34-45(5)39(36-47)27-28-40-42-30-29-41(38(4)25-23-24-37(2)3)46(42,6)33-31-43(40)45/h8-9,27,37-38,40-43,49H,7,10-26,28-36H2,1-6H3/b9-8-/t38-,40+,41-,42+,43+,45+,46-,47?/m1/s1. The fourth-order valence-electron chi connectivity index (χ4n) is 11.9. The lowest BCUT2D eigenvalue weighted by Gasteiger charge is -2.59. The second-order valence-corrected chi connectivity index (χ2v) is 18.9. The van der Waals surface area contributed by atoms with Crippen LogP contribution in [0.4, 0.5) is 0 Å². The third kappa shape index (κ3) is 11.5. The molecule has 1 N–H and O–H groups in total. The third-order valence-electron chi connectivity index (χ3n) is 14.9. The first kappa shape index (κ1) is 41.7. The number of carbonyl (C=O) groups is 1. The third-order valence-corrected chi connectivity index (χ3v) is 14.9. The lowest BCUT2D eigenvalue weighted by atomic mass is 9.46. The minimum Gasteiger partial charge on any atom is -0.466 e. The lowest BCUT2D eigenvalue weighted by Crippen LogP contribution is -2.52. The molecule has 0 saturated heterocycles. The molecule has 4 aliphatic rings. The zero-order chi connectivity index (χ0) is 36.0. The van der Waals surface area contributed by atoms with Gasteiger partial charge in [0.1, 0.15) is 0 Å². The number of esters is 1. The van der Waals surface area contributed by atoms with Crippen LogP contribution in [-0.4, -0.2) is 23.3 Å². The fraction of sp³-hybridized carbons (Fsp3) is 0.894. The number of hydrogen-bond donors (Lipinski definition) is 1. The highest BCUT2D eigenvalue weighted by Gasteiger charge is 2.59. The SMILES string of the molecule is CCOC(=O)CCCCCCC/C=C\CCCCCCCCC1(O)CC[C@@]2(C)C(=CC[C@H]3[C@@H]4CC[C@H]([C@H](C)CCCC(C)C)[C@@]4(C)CC[C@@H]32)C1. The maximum atomic E-state index is 11.8. The van der Waals surface area contributed by atoms with Crippen molar-refractivity contribution in [3.8, 4) is 0 Å². The summed E-state index contributed by atoms with van der Waals surface area (Å²) in [6.45, 7) is 15.1. The number of carbonyl (C=O) groups excluding carboxylic acids is 1. The number of hydrogen-bond acceptors (Lipinski definition) is 3. The average molecular weight is 695 g/mol. The summed E-state index contributed by atoms with van der Waals surface area (Å²) in [5, 5.41) is 11.8. The normalized spacial score (nSPS) is 32.8. The second kappa shape index (κ2) is 20.4. The van der Waals surface area contributed by atoms with Gasteiger partial charge in [-0.1, -0.05) is 129 Å². The predicted molar refractivity (Wildman–Crippen MR) is 213 cm³/mol. The van der Waals surface area contributed by atoms with E-state index < -0.39 is 5.60 Å². The molecule has 3 nitrogen and oxygen atoms in total. The van der Waals surface area contributed by atoms with Crippen molar-refractivity contribution in [3.05, 3.63) is 23.8 Å². The zero-order valence-electron chi connectivity index (χ0n) is 34.1. The van der Waals surface area contributed by atoms with Gasteiger partial charge < -0.3 is 9.84 Å². The molecule has 1 unspecified atom stereocenters. The summed E-state index contributed by atoms with van der Waals surface area (Å²) in [6, 6.07) is 0. The number of ether oxygens (including phenoxy) is 1. The molecule has 4 rings (SSSR count). The Bertz CT molecular complexity index is 1060. The molecule has 0 aromatic carbocycles. The van der Waals surface area contributed by atoms with Crippen LogP contribution in [-0.2, 0) is 9.53 Å². The molecule has 3 heteroatoms. The lowest BCUT2D eigenvalue weighted by molar-refractivity contribution is -0.143. The minimum absolute atomic E-state index is 0.0449. The van der Waals surface area contributed by atoms with Gasteiger partial charge in [-0.3, -0.25) is 4.79 Å². The maximum absolute atomic E-state index is 11.8. The van der Waals surface area contributed by atoms with Crippen LogP contribution in [0.2, 0.25) is 0 Å². The van der Waals surface area contributed by atoms with E-state index in [0.717, 1.165) is 67.6 Å². The monoisotopic (exact) mass is 695 g/mol. The smallest absolute Gasteiger partial charge is 0.305 e. The van der Waals surface area contributed by atoms with E-state index in [1.165, 1.54) is 128 Å². The topological polar surface area (TPSA) is 46.5 Å². The zero-order valence-corrected chi connectivity index (χ0v) is 34.1. The molecule has 4 aliphatic carbocycles. The summed E-state index contributed by atoms with van der Waals surface area (Å²) in [6.07, 6.45) is 39.5. The van der Waals surface area contributed by atoms with Crippen LogP contribution < -0.4 is 0 Å². The largest absolute Gasteiger partial charge is 0.466 e. The van der Waals surface area contributed by atoms with Gasteiger partial charge in [-0.2, -0.15) is 0 Å². The quantitative estimate of drug-likeness (QED) is 0.0658. The van der Waals surface area contributed by atoms with E-state index in [0.29, 0.717) is 23.9 Å². The first-order valence-corrected chi connectivity index (χ1v) is 22.2. The predicted octanol–water partition coefficient (Wildman–Crippen LogP) is 13.7. The van der Waals surface area contributed by atoms with Crippen LogP contribution in [0.15, 0.2) is 23.8 Å². The summed E-state index contributed by atoms with van der Waals surface area (Å²) >= 11 is 0. The number of aliphatic hydroxyl groups is 1. The molecule has 8 atom stereocenters. The van der Waals surface area contributed by atoms with Crippen molar-refractivity contribution in [2.24, 2.45) is 46.3 Å². The van der Waals surface area contributed by atoms with E-state index in [1.54, 1.807) is 5.57 Å². The van der Waals surface area contributed by atoms with Crippen LogP contribution in [0.25, 0.3) is 0 Å². The van der Waals surface area contributed by atoms with Crippen LogP contribution in [0.3, 0.4) is 0 Å². The van der Waals surface area contributed by atoms with Crippen LogP contribution >= 0.6 is 0 Å². The summed E-state index contributed by atoms with van der Waals surface area (Å²) in [5.74, 6) is 5.24. The number of allylic oxidation sites excluding steroid dienone is 3. The molecule has 0 aromatic heterocycles. The van der Waals surface area contributed by atoms with E-state index in [9.17, 15) is 9.90 Å². The van der Waals surface area contributed by atoms with Gasteiger partial charge in [0, 0.05) is 6.42 Å². The van der Waals surface area contributed by atoms with E-state index in [2.05, 4.69) is 52.8 Å². The first-order chi connectivity index (χ1) is 24.0. The van der Waals surface area contributed by atoms with Crippen LogP contribution in [0, 0.1) is 46.3 Å². The van der Waals surface area contributed by atoms with Gasteiger partial charge in [-0.05, 0) is 143 Å². The first-order valence-electron chi connectivity index (χ1n) is 22.2. The van der Waals surface area contributed by atoms with Gasteiger partial charge >= 0.3 is 5.97 Å². The summed E-state index contributed by atoms with van der Waals surface area (Å²) < 4.78 is 4.99. The molecule has 50 heavy (non-hydrogen) atoms. The second-order valence-electron chi connectivity index (χ2n) is 18.9. The highest BCUT2D eigenvalue weighted by Crippen LogP contribution is 2.68. The molecule has 0 aromatic rings. The van der Waals surface area contributed by atoms with E-state index in [4.69, 9.17) is 4.74 Å². The van der Waals surface area contributed by atoms with Crippen molar-refractivity contribution in [3.63, 3.8) is 0 Å². The van der Waals surface area contributed by atoms with E-state index in [-0.39, 0.29) is 5.97 Å². The Labute approximate surface area is 310 Å². The highest BCUT2D eigenvalue weighted by molar-refractivity contribution is 5.69. The Kier molecular flexibility index (Phi) is 17.0. The van der Waals surface area contributed by atoms with Crippen molar-refractivity contribution < 1.29 is 14.6 Å². The molecule has 0 heterocycles. The molecule has 3 fully saturated rings. The maximum Gasteiger partial charge on any atom is 0.305 e. The Balaban J connectivity index is 1.08. The molecule has 288 valence electrons. The van der Waals surface area contributed by atoms with E-state index >= 15 is 0 Å². The molecule has 3 saturated carbocycles. The van der Waals surface area contributed by atoms with Gasteiger partial charge in [0.2, 0.25) is 0 Å².